The highest BCUT2D eigenvalue weighted by Crippen LogP contribution is 2.37. The Kier molecular flexibility index (Phi) is 8.97. The van der Waals surface area contributed by atoms with E-state index in [1.54, 1.807) is 29.2 Å². The summed E-state index contributed by atoms with van der Waals surface area (Å²) in [5.41, 5.74) is 2.82. The molecule has 3 heterocycles. The molecule has 2 bridgehead atoms. The van der Waals surface area contributed by atoms with Crippen LogP contribution in [0.5, 0.6) is 0 Å². The van der Waals surface area contributed by atoms with Gasteiger partial charge < -0.3 is 19.9 Å². The van der Waals surface area contributed by atoms with Crippen LogP contribution in [0.2, 0.25) is 5.02 Å². The summed E-state index contributed by atoms with van der Waals surface area (Å²) in [6.07, 6.45) is 3.16. The van der Waals surface area contributed by atoms with E-state index in [-0.39, 0.29) is 52.9 Å². The second-order valence-corrected chi connectivity index (χ2v) is 11.4. The van der Waals surface area contributed by atoms with E-state index in [0.29, 0.717) is 52.9 Å². The van der Waals surface area contributed by atoms with Crippen molar-refractivity contribution < 1.29 is 23.5 Å². The Bertz CT molecular complexity index is 1790. The Hall–Kier alpha value is -4.75. The SMILES string of the molecule is COC(=O)Cc1ccc2c(c1)NC(=O)[C@H](C)CCC[C@H](N1CCC(c3c(C#N)ccc(Cl)c3F)=CC1=O)c1cc-2cc(=O)[nH]1. The number of nitriles is 1. The van der Waals surface area contributed by atoms with Crippen molar-refractivity contribution in [3.05, 3.63) is 92.1 Å². The van der Waals surface area contributed by atoms with Gasteiger partial charge in [-0.05, 0) is 60.2 Å². The van der Waals surface area contributed by atoms with Crippen molar-refractivity contribution in [3.8, 4) is 17.2 Å². The number of aromatic amines is 1. The first-order valence-corrected chi connectivity index (χ1v) is 14.6. The second kappa shape index (κ2) is 12.9. The summed E-state index contributed by atoms with van der Waals surface area (Å²) in [7, 11) is 1.30. The van der Waals surface area contributed by atoms with Crippen molar-refractivity contribution in [2.45, 2.75) is 45.1 Å². The van der Waals surface area contributed by atoms with Gasteiger partial charge in [0.25, 0.3) is 0 Å². The Morgan fingerprint density at radius 1 is 1.16 bits per heavy atom. The summed E-state index contributed by atoms with van der Waals surface area (Å²) in [6, 6.07) is 12.6. The molecule has 44 heavy (non-hydrogen) atoms. The van der Waals surface area contributed by atoms with Crippen molar-refractivity contribution in [1.29, 1.82) is 5.26 Å². The van der Waals surface area contributed by atoms with Crippen LogP contribution in [0.25, 0.3) is 16.7 Å². The van der Waals surface area contributed by atoms with Crippen LogP contribution in [0.15, 0.2) is 53.3 Å². The average Bonchev–Trinajstić information content (AvgIpc) is 3.00. The van der Waals surface area contributed by atoms with Crippen LogP contribution in [0.1, 0.15) is 61.0 Å². The molecular formula is C33H30ClFN4O5. The third-order valence-electron chi connectivity index (χ3n) is 8.13. The van der Waals surface area contributed by atoms with Gasteiger partial charge in [0.1, 0.15) is 0 Å². The summed E-state index contributed by atoms with van der Waals surface area (Å²) in [5, 5.41) is 12.4. The molecule has 5 rings (SSSR count). The van der Waals surface area contributed by atoms with Crippen molar-refractivity contribution in [2.75, 3.05) is 19.0 Å². The van der Waals surface area contributed by atoms with Gasteiger partial charge in [-0.1, -0.05) is 37.1 Å². The lowest BCUT2D eigenvalue weighted by molar-refractivity contribution is -0.139. The number of methoxy groups -OCH3 is 1. The molecule has 2 aliphatic rings. The van der Waals surface area contributed by atoms with E-state index in [9.17, 15) is 24.4 Å². The van der Waals surface area contributed by atoms with Crippen LogP contribution >= 0.6 is 11.6 Å². The van der Waals surface area contributed by atoms with Crippen molar-refractivity contribution >= 4 is 40.6 Å². The number of carbonyl (C=O) groups is 3. The normalized spacial score (nSPS) is 18.6. The number of esters is 1. The lowest BCUT2D eigenvalue weighted by atomic mass is 9.91. The molecule has 2 atom stereocenters. The number of hydrogen-bond donors (Lipinski definition) is 2. The number of H-pyrrole nitrogens is 1. The number of pyridine rings is 1. The minimum absolute atomic E-state index is 0.0133. The monoisotopic (exact) mass is 616 g/mol. The maximum Gasteiger partial charge on any atom is 0.309 e. The highest BCUT2D eigenvalue weighted by molar-refractivity contribution is 6.31. The molecule has 3 aromatic rings. The highest BCUT2D eigenvalue weighted by atomic mass is 35.5. The molecule has 9 nitrogen and oxygen atoms in total. The molecule has 1 aromatic heterocycles. The van der Waals surface area contributed by atoms with Gasteiger partial charge >= 0.3 is 5.97 Å². The van der Waals surface area contributed by atoms with E-state index in [1.807, 2.05) is 13.0 Å². The molecule has 226 valence electrons. The van der Waals surface area contributed by atoms with Gasteiger partial charge in [-0.3, -0.25) is 19.2 Å². The van der Waals surface area contributed by atoms with Crippen LogP contribution in [-0.4, -0.2) is 41.3 Å². The number of ether oxygens (including phenoxy) is 1. The van der Waals surface area contributed by atoms with E-state index in [4.69, 9.17) is 16.3 Å². The topological polar surface area (TPSA) is 132 Å². The van der Waals surface area contributed by atoms with Crippen LogP contribution in [0, 0.1) is 23.1 Å². The minimum atomic E-state index is -0.748. The van der Waals surface area contributed by atoms with Gasteiger partial charge in [0.2, 0.25) is 17.4 Å². The van der Waals surface area contributed by atoms with Crippen molar-refractivity contribution in [2.24, 2.45) is 5.92 Å². The molecule has 2 aromatic carbocycles. The molecule has 0 saturated carbocycles. The van der Waals surface area contributed by atoms with Crippen molar-refractivity contribution in [3.63, 3.8) is 0 Å². The predicted octanol–water partition coefficient (Wildman–Crippen LogP) is 5.54. The first kappa shape index (κ1) is 30.7. The highest BCUT2D eigenvalue weighted by Gasteiger charge is 2.31. The standard InChI is InChI=1S/C33H30ClFN4O5/c1-18-4-3-5-27(39-11-10-20(16-29(39)41)31-21(17-36)7-9-24(34)32(31)35)26-14-22(15-28(40)37-26)23-8-6-19(13-30(42)44-2)12-25(23)38-33(18)43/h6-9,12,14-16,18,27H,3-5,10-11,13H2,1-2H3,(H,37,40)(H,38,43)/t18-,27+/m1/s1. The fourth-order valence-corrected chi connectivity index (χ4v) is 5.96. The molecule has 0 fully saturated rings. The Balaban J connectivity index is 1.57. The number of carbonyl (C=O) groups excluding carboxylic acids is 3. The average molecular weight is 617 g/mol. The minimum Gasteiger partial charge on any atom is -0.469 e. The molecule has 2 amide bonds. The van der Waals surface area contributed by atoms with E-state index in [0.717, 1.165) is 0 Å². The number of benzene rings is 2. The zero-order chi connectivity index (χ0) is 31.5. The third kappa shape index (κ3) is 6.29. The van der Waals surface area contributed by atoms with Crippen LogP contribution < -0.4 is 10.9 Å². The quantitative estimate of drug-likeness (QED) is 0.370. The number of nitrogens with one attached hydrogen (secondary N) is 2. The number of amides is 2. The smallest absolute Gasteiger partial charge is 0.309 e. The van der Waals surface area contributed by atoms with Gasteiger partial charge in [-0.2, -0.15) is 5.26 Å². The zero-order valence-electron chi connectivity index (χ0n) is 24.2. The summed E-state index contributed by atoms with van der Waals surface area (Å²) in [4.78, 5) is 56.2. The van der Waals surface area contributed by atoms with E-state index < -0.39 is 23.7 Å². The maximum absolute atomic E-state index is 15.0. The molecule has 0 spiro atoms. The van der Waals surface area contributed by atoms with Crippen LogP contribution in [0.4, 0.5) is 10.1 Å². The summed E-state index contributed by atoms with van der Waals surface area (Å²) < 4.78 is 19.8. The number of rotatable bonds is 4. The number of aromatic nitrogens is 1. The van der Waals surface area contributed by atoms with E-state index in [1.165, 1.54) is 31.4 Å². The number of halogens is 2. The fourth-order valence-electron chi connectivity index (χ4n) is 5.80. The zero-order valence-corrected chi connectivity index (χ0v) is 25.0. The summed E-state index contributed by atoms with van der Waals surface area (Å²) in [6.45, 7) is 2.03. The number of anilines is 1. The Morgan fingerprint density at radius 2 is 1.95 bits per heavy atom. The Labute approximate surface area is 258 Å². The number of hydrogen-bond acceptors (Lipinski definition) is 6. The third-order valence-corrected chi connectivity index (χ3v) is 8.42. The predicted molar refractivity (Wildman–Crippen MR) is 163 cm³/mol. The van der Waals surface area contributed by atoms with E-state index in [2.05, 4.69) is 10.3 Å². The second-order valence-electron chi connectivity index (χ2n) is 11.0. The molecule has 2 N–H and O–H groups in total. The van der Waals surface area contributed by atoms with Gasteiger partial charge in [-0.15, -0.1) is 0 Å². The first-order chi connectivity index (χ1) is 21.1. The van der Waals surface area contributed by atoms with Crippen molar-refractivity contribution in [1.82, 2.24) is 9.88 Å². The lowest BCUT2D eigenvalue weighted by Gasteiger charge is -2.35. The summed E-state index contributed by atoms with van der Waals surface area (Å²) in [5.74, 6) is -2.13. The maximum atomic E-state index is 15.0. The Morgan fingerprint density at radius 3 is 2.68 bits per heavy atom. The lowest BCUT2D eigenvalue weighted by Crippen LogP contribution is -2.38. The van der Waals surface area contributed by atoms with E-state index >= 15 is 4.39 Å². The van der Waals surface area contributed by atoms with Crippen LogP contribution in [0.3, 0.4) is 0 Å². The molecule has 2 aliphatic heterocycles. The summed E-state index contributed by atoms with van der Waals surface area (Å²) >= 11 is 5.99. The number of nitrogens with zero attached hydrogens (tertiary/aromatic N) is 2. The molecule has 0 aliphatic carbocycles. The number of fused-ring (bicyclic) bond motifs is 4. The molecular weight excluding hydrogens is 587 g/mol. The van der Waals surface area contributed by atoms with Gasteiger partial charge in [0, 0.05) is 47.1 Å². The molecule has 11 heteroatoms. The fraction of sp³-hybridized carbons (Fsp3) is 0.303. The largest absolute Gasteiger partial charge is 0.469 e. The first-order valence-electron chi connectivity index (χ1n) is 14.2. The van der Waals surface area contributed by atoms with Gasteiger partial charge in [0.05, 0.1) is 36.2 Å². The molecule has 0 radical (unpaired) electrons. The molecule has 0 saturated heterocycles. The van der Waals surface area contributed by atoms with Gasteiger partial charge in [-0.25, -0.2) is 4.39 Å². The molecule has 0 unspecified atom stereocenters. The van der Waals surface area contributed by atoms with Crippen LogP contribution in [-0.2, 0) is 25.5 Å². The van der Waals surface area contributed by atoms with Gasteiger partial charge in [0.15, 0.2) is 5.82 Å².